The van der Waals surface area contributed by atoms with Crippen molar-refractivity contribution in [2.75, 3.05) is 0 Å². The Morgan fingerprint density at radius 3 is 2.70 bits per heavy atom. The number of aryl methyl sites for hydroxylation is 1. The third-order valence-electron chi connectivity index (χ3n) is 4.44. The number of carbonyl (C=O) groups excluding carboxylic acids is 1. The Morgan fingerprint density at radius 1 is 1.04 bits per heavy atom. The van der Waals surface area contributed by atoms with Crippen LogP contribution in [0.4, 0.5) is 0 Å². The highest BCUT2D eigenvalue weighted by molar-refractivity contribution is 6.30. The fourth-order valence-corrected chi connectivity index (χ4v) is 3.14. The maximum Gasteiger partial charge on any atom is 0.231 e. The summed E-state index contributed by atoms with van der Waals surface area (Å²) < 4.78 is 11.6. The van der Waals surface area contributed by atoms with E-state index in [1.807, 2.05) is 30.3 Å². The highest BCUT2D eigenvalue weighted by Gasteiger charge is 2.27. The molecule has 0 saturated heterocycles. The van der Waals surface area contributed by atoms with Crippen molar-refractivity contribution >= 4 is 23.5 Å². The van der Waals surface area contributed by atoms with Crippen molar-refractivity contribution in [1.82, 2.24) is 0 Å². The number of halogens is 1. The molecule has 4 heteroatoms. The molecule has 0 aromatic heterocycles. The number of Topliss-reactive ketones (excluding diaryl/α,β-unsaturated/α-hetero) is 1. The first kappa shape index (κ1) is 17.4. The molecule has 0 fully saturated rings. The van der Waals surface area contributed by atoms with Crippen molar-refractivity contribution in [2.24, 2.45) is 0 Å². The van der Waals surface area contributed by atoms with E-state index >= 15 is 0 Å². The van der Waals surface area contributed by atoms with Gasteiger partial charge in [-0.25, -0.2) is 0 Å². The highest BCUT2D eigenvalue weighted by Crippen LogP contribution is 2.35. The average Bonchev–Trinajstić information content (AvgIpc) is 2.96. The summed E-state index contributed by atoms with van der Waals surface area (Å²) in [6, 6.07) is 20.6. The zero-order valence-corrected chi connectivity index (χ0v) is 15.5. The highest BCUT2D eigenvalue weighted by atomic mass is 35.5. The SMILES string of the molecule is Cc1ccccc1COc1ccc2c(c1)O/C(=C/c1cccc(Cl)c1)C2=O. The first-order valence-corrected chi connectivity index (χ1v) is 8.99. The molecule has 4 rings (SSSR count). The Kier molecular flexibility index (Phi) is 4.69. The Hall–Kier alpha value is -3.04. The Bertz CT molecular complexity index is 1050. The van der Waals surface area contributed by atoms with Gasteiger partial charge in [0.05, 0.1) is 5.56 Å². The standard InChI is InChI=1S/C23H17ClO3/c1-15-5-2-3-7-17(15)14-26-19-9-10-20-21(13-19)27-22(23(20)25)12-16-6-4-8-18(24)11-16/h2-13H,14H2,1H3/b22-12+. The van der Waals surface area contributed by atoms with E-state index in [1.165, 1.54) is 5.56 Å². The molecule has 0 N–H and O–H groups in total. The van der Waals surface area contributed by atoms with Crippen LogP contribution in [0.5, 0.6) is 11.5 Å². The fourth-order valence-electron chi connectivity index (χ4n) is 2.94. The second-order valence-corrected chi connectivity index (χ2v) is 6.80. The maximum atomic E-state index is 12.6. The van der Waals surface area contributed by atoms with Gasteiger partial charge in [0.1, 0.15) is 18.1 Å². The van der Waals surface area contributed by atoms with Crippen LogP contribution < -0.4 is 9.47 Å². The van der Waals surface area contributed by atoms with Crippen LogP contribution >= 0.6 is 11.6 Å². The zero-order valence-electron chi connectivity index (χ0n) is 14.7. The lowest BCUT2D eigenvalue weighted by atomic mass is 10.1. The van der Waals surface area contributed by atoms with Crippen LogP contribution in [-0.2, 0) is 6.61 Å². The second-order valence-electron chi connectivity index (χ2n) is 6.37. The number of ketones is 1. The summed E-state index contributed by atoms with van der Waals surface area (Å²) in [7, 11) is 0. The minimum Gasteiger partial charge on any atom is -0.489 e. The van der Waals surface area contributed by atoms with Crippen molar-refractivity contribution in [1.29, 1.82) is 0 Å². The quantitative estimate of drug-likeness (QED) is 0.536. The molecule has 0 bridgehead atoms. The molecule has 3 aromatic carbocycles. The lowest BCUT2D eigenvalue weighted by Crippen LogP contribution is -1.98. The van der Waals surface area contributed by atoms with E-state index in [4.69, 9.17) is 21.1 Å². The molecule has 27 heavy (non-hydrogen) atoms. The van der Waals surface area contributed by atoms with Gasteiger partial charge >= 0.3 is 0 Å². The van der Waals surface area contributed by atoms with Crippen LogP contribution in [0.1, 0.15) is 27.0 Å². The first-order chi connectivity index (χ1) is 13.1. The van der Waals surface area contributed by atoms with E-state index in [-0.39, 0.29) is 11.5 Å². The third kappa shape index (κ3) is 3.74. The van der Waals surface area contributed by atoms with E-state index < -0.39 is 0 Å². The van der Waals surface area contributed by atoms with Gasteiger partial charge in [-0.2, -0.15) is 0 Å². The summed E-state index contributed by atoms with van der Waals surface area (Å²) in [5, 5.41) is 0.610. The lowest BCUT2D eigenvalue weighted by molar-refractivity contribution is 0.101. The molecular formula is C23H17ClO3. The Balaban J connectivity index is 1.53. The number of ether oxygens (including phenoxy) is 2. The molecule has 0 saturated carbocycles. The van der Waals surface area contributed by atoms with Gasteiger partial charge in [0.15, 0.2) is 5.76 Å². The first-order valence-electron chi connectivity index (χ1n) is 8.61. The molecule has 0 aliphatic carbocycles. The smallest absolute Gasteiger partial charge is 0.231 e. The topological polar surface area (TPSA) is 35.5 Å². The zero-order chi connectivity index (χ0) is 18.8. The van der Waals surface area contributed by atoms with Crippen molar-refractivity contribution in [2.45, 2.75) is 13.5 Å². The predicted octanol–water partition coefficient (Wildman–Crippen LogP) is 5.84. The maximum absolute atomic E-state index is 12.6. The Labute approximate surface area is 162 Å². The molecule has 1 aliphatic rings. The van der Waals surface area contributed by atoms with Gasteiger partial charge < -0.3 is 9.47 Å². The molecule has 134 valence electrons. The number of allylic oxidation sites excluding steroid dienone is 1. The minimum absolute atomic E-state index is 0.143. The van der Waals surface area contributed by atoms with Crippen LogP contribution in [0, 0.1) is 6.92 Å². The number of hydrogen-bond donors (Lipinski definition) is 0. The van der Waals surface area contributed by atoms with Gasteiger partial charge in [0, 0.05) is 11.1 Å². The number of fused-ring (bicyclic) bond motifs is 1. The van der Waals surface area contributed by atoms with E-state index in [2.05, 4.69) is 13.0 Å². The summed E-state index contributed by atoms with van der Waals surface area (Å²) >= 11 is 6.00. The number of benzene rings is 3. The van der Waals surface area contributed by atoms with Crippen molar-refractivity contribution in [3.63, 3.8) is 0 Å². The lowest BCUT2D eigenvalue weighted by Gasteiger charge is -2.09. The van der Waals surface area contributed by atoms with Gasteiger partial charge in [-0.1, -0.05) is 48.0 Å². The molecule has 3 aromatic rings. The van der Waals surface area contributed by atoms with Crippen molar-refractivity contribution in [3.8, 4) is 11.5 Å². The molecule has 0 radical (unpaired) electrons. The van der Waals surface area contributed by atoms with Crippen LogP contribution in [0.3, 0.4) is 0 Å². The fraction of sp³-hybridized carbons (Fsp3) is 0.0870. The van der Waals surface area contributed by atoms with E-state index in [9.17, 15) is 4.79 Å². The van der Waals surface area contributed by atoms with Gasteiger partial charge in [-0.15, -0.1) is 0 Å². The molecule has 1 heterocycles. The van der Waals surface area contributed by atoms with Crippen LogP contribution in [-0.4, -0.2) is 5.78 Å². The van der Waals surface area contributed by atoms with Crippen LogP contribution in [0.25, 0.3) is 6.08 Å². The van der Waals surface area contributed by atoms with Crippen LogP contribution in [0.2, 0.25) is 5.02 Å². The van der Waals surface area contributed by atoms with Crippen LogP contribution in [0.15, 0.2) is 72.5 Å². The second kappa shape index (κ2) is 7.29. The molecule has 0 unspecified atom stereocenters. The summed E-state index contributed by atoms with van der Waals surface area (Å²) in [6.07, 6.45) is 1.70. The third-order valence-corrected chi connectivity index (χ3v) is 4.68. The molecule has 0 atom stereocenters. The minimum atomic E-state index is -0.143. The van der Waals surface area contributed by atoms with Crippen molar-refractivity contribution in [3.05, 3.63) is 99.8 Å². The number of carbonyl (C=O) groups is 1. The van der Waals surface area contributed by atoms with E-state index in [1.54, 1.807) is 36.4 Å². The number of rotatable bonds is 4. The summed E-state index contributed by atoms with van der Waals surface area (Å²) in [4.78, 5) is 12.6. The van der Waals surface area contributed by atoms with Gasteiger partial charge in [-0.05, 0) is 54.0 Å². The molecule has 1 aliphatic heterocycles. The Morgan fingerprint density at radius 2 is 1.89 bits per heavy atom. The molecular weight excluding hydrogens is 360 g/mol. The van der Waals surface area contributed by atoms with Crippen molar-refractivity contribution < 1.29 is 14.3 Å². The van der Waals surface area contributed by atoms with E-state index in [0.29, 0.717) is 28.7 Å². The summed E-state index contributed by atoms with van der Waals surface area (Å²) in [6.45, 7) is 2.51. The van der Waals surface area contributed by atoms with Gasteiger partial charge in [0.25, 0.3) is 0 Å². The van der Waals surface area contributed by atoms with Gasteiger partial charge in [-0.3, -0.25) is 4.79 Å². The normalized spacial score (nSPS) is 14.1. The van der Waals surface area contributed by atoms with Gasteiger partial charge in [0.2, 0.25) is 5.78 Å². The number of hydrogen-bond acceptors (Lipinski definition) is 3. The monoisotopic (exact) mass is 376 g/mol. The average molecular weight is 377 g/mol. The summed E-state index contributed by atoms with van der Waals surface area (Å²) in [5.74, 6) is 1.31. The largest absolute Gasteiger partial charge is 0.489 e. The molecule has 0 spiro atoms. The summed E-state index contributed by atoms with van der Waals surface area (Å²) in [5.41, 5.74) is 3.65. The predicted molar refractivity (Wildman–Crippen MR) is 106 cm³/mol. The molecule has 0 amide bonds. The van der Waals surface area contributed by atoms with E-state index in [0.717, 1.165) is 11.1 Å². The molecule has 3 nitrogen and oxygen atoms in total.